The first-order valence-corrected chi connectivity index (χ1v) is 5.82. The maximum Gasteiger partial charge on any atom is 0.242 e. The summed E-state index contributed by atoms with van der Waals surface area (Å²) in [6, 6.07) is 0. The van der Waals surface area contributed by atoms with E-state index in [4.69, 9.17) is 4.74 Å². The highest BCUT2D eigenvalue weighted by atomic mass is 16.5. The van der Waals surface area contributed by atoms with Crippen molar-refractivity contribution in [2.45, 2.75) is 31.2 Å². The van der Waals surface area contributed by atoms with Gasteiger partial charge >= 0.3 is 0 Å². The molecule has 1 atom stereocenters. The molecule has 4 heteroatoms. The molecule has 2 heterocycles. The molecule has 86 valence electrons. The van der Waals surface area contributed by atoms with Crippen LogP contribution >= 0.6 is 0 Å². The van der Waals surface area contributed by atoms with Gasteiger partial charge in [-0.1, -0.05) is 0 Å². The largest absolute Gasteiger partial charge is 0.383 e. The minimum atomic E-state index is -0.216. The van der Waals surface area contributed by atoms with Gasteiger partial charge in [-0.2, -0.15) is 0 Å². The number of hydrogen-bond acceptors (Lipinski definition) is 3. The van der Waals surface area contributed by atoms with E-state index in [1.807, 2.05) is 4.90 Å². The molecule has 2 rings (SSSR count). The Morgan fingerprint density at radius 1 is 1.47 bits per heavy atom. The number of hydrogen-bond donors (Lipinski definition) is 1. The number of methoxy groups -OCH3 is 1. The molecule has 0 aromatic rings. The lowest BCUT2D eigenvalue weighted by atomic mass is 9.86. The Balaban J connectivity index is 2.00. The summed E-state index contributed by atoms with van der Waals surface area (Å²) in [4.78, 5) is 14.2. The zero-order valence-electron chi connectivity index (χ0n) is 9.42. The van der Waals surface area contributed by atoms with E-state index in [1.54, 1.807) is 7.11 Å². The lowest BCUT2D eigenvalue weighted by molar-refractivity contribution is -0.141. The molecule has 2 aliphatic rings. The Bertz CT molecular complexity index is 237. The zero-order valence-corrected chi connectivity index (χ0v) is 9.42. The number of likely N-dealkylation sites (tertiary alicyclic amines) is 1. The summed E-state index contributed by atoms with van der Waals surface area (Å²) >= 11 is 0. The molecule has 2 saturated heterocycles. The monoisotopic (exact) mass is 212 g/mol. The standard InChI is InChI=1S/C11H20N2O2/c1-15-9-8-13-7-3-5-11(10(13)14)4-2-6-12-11/h12H,2-9H2,1H3. The van der Waals surface area contributed by atoms with Crippen molar-refractivity contribution < 1.29 is 9.53 Å². The first kappa shape index (κ1) is 10.9. The lowest BCUT2D eigenvalue weighted by Gasteiger charge is -2.39. The number of amides is 1. The summed E-state index contributed by atoms with van der Waals surface area (Å²) in [6.45, 7) is 3.26. The molecule has 0 aromatic carbocycles. The Hall–Kier alpha value is -0.610. The number of rotatable bonds is 3. The van der Waals surface area contributed by atoms with Crippen LogP contribution in [0.2, 0.25) is 0 Å². The minimum Gasteiger partial charge on any atom is -0.383 e. The van der Waals surface area contributed by atoms with Gasteiger partial charge in [-0.15, -0.1) is 0 Å². The molecule has 2 fully saturated rings. The van der Waals surface area contributed by atoms with Gasteiger partial charge in [0.2, 0.25) is 5.91 Å². The van der Waals surface area contributed by atoms with Crippen LogP contribution in [-0.4, -0.2) is 49.7 Å². The molecule has 1 N–H and O–H groups in total. The predicted molar refractivity (Wildman–Crippen MR) is 57.7 cm³/mol. The number of carbonyl (C=O) groups excluding carboxylic acids is 1. The third-order valence-corrected chi connectivity index (χ3v) is 3.54. The number of nitrogens with one attached hydrogen (secondary N) is 1. The topological polar surface area (TPSA) is 41.6 Å². The minimum absolute atomic E-state index is 0.216. The Morgan fingerprint density at radius 2 is 2.27 bits per heavy atom. The fraction of sp³-hybridized carbons (Fsp3) is 0.909. The molecule has 1 spiro atoms. The second kappa shape index (κ2) is 4.49. The quantitative estimate of drug-likeness (QED) is 0.735. The van der Waals surface area contributed by atoms with Gasteiger partial charge < -0.3 is 15.0 Å². The van der Waals surface area contributed by atoms with Crippen LogP contribution in [0.25, 0.3) is 0 Å². The normalized spacial score (nSPS) is 31.5. The fourth-order valence-corrected chi connectivity index (χ4v) is 2.70. The summed E-state index contributed by atoms with van der Waals surface area (Å²) in [7, 11) is 1.68. The lowest BCUT2D eigenvalue weighted by Crippen LogP contribution is -2.58. The van der Waals surface area contributed by atoms with Gasteiger partial charge in [0.15, 0.2) is 0 Å². The van der Waals surface area contributed by atoms with Crippen LogP contribution in [0.15, 0.2) is 0 Å². The van der Waals surface area contributed by atoms with Crippen molar-refractivity contribution in [1.29, 1.82) is 0 Å². The van der Waals surface area contributed by atoms with E-state index in [2.05, 4.69) is 5.32 Å². The van der Waals surface area contributed by atoms with Crippen LogP contribution in [0.5, 0.6) is 0 Å². The highest BCUT2D eigenvalue weighted by molar-refractivity contribution is 5.87. The molecule has 1 unspecified atom stereocenters. The number of nitrogens with zero attached hydrogens (tertiary/aromatic N) is 1. The van der Waals surface area contributed by atoms with Gasteiger partial charge in [-0.05, 0) is 32.2 Å². The summed E-state index contributed by atoms with van der Waals surface area (Å²) in [5.74, 6) is 0.295. The van der Waals surface area contributed by atoms with E-state index in [0.29, 0.717) is 12.5 Å². The molecule has 0 aliphatic carbocycles. The van der Waals surface area contributed by atoms with Gasteiger partial charge in [-0.3, -0.25) is 4.79 Å². The Labute approximate surface area is 91.0 Å². The van der Waals surface area contributed by atoms with E-state index < -0.39 is 0 Å². The molecule has 0 saturated carbocycles. The van der Waals surface area contributed by atoms with Crippen molar-refractivity contribution >= 4 is 5.91 Å². The first-order valence-electron chi connectivity index (χ1n) is 5.82. The highest BCUT2D eigenvalue weighted by Crippen LogP contribution is 2.30. The van der Waals surface area contributed by atoms with Crippen molar-refractivity contribution in [3.63, 3.8) is 0 Å². The maximum absolute atomic E-state index is 12.3. The van der Waals surface area contributed by atoms with Crippen LogP contribution in [0.4, 0.5) is 0 Å². The van der Waals surface area contributed by atoms with Crippen molar-refractivity contribution in [2.75, 3.05) is 33.4 Å². The van der Waals surface area contributed by atoms with Crippen molar-refractivity contribution in [3.8, 4) is 0 Å². The van der Waals surface area contributed by atoms with Crippen molar-refractivity contribution in [3.05, 3.63) is 0 Å². The average Bonchev–Trinajstić information content (AvgIpc) is 2.70. The first-order chi connectivity index (χ1) is 7.28. The zero-order chi connectivity index (χ0) is 10.7. The smallest absolute Gasteiger partial charge is 0.242 e. The molecular formula is C11H20N2O2. The van der Waals surface area contributed by atoms with Gasteiger partial charge in [0.1, 0.15) is 0 Å². The molecule has 0 radical (unpaired) electrons. The van der Waals surface area contributed by atoms with Gasteiger partial charge in [0.25, 0.3) is 0 Å². The van der Waals surface area contributed by atoms with Crippen LogP contribution < -0.4 is 5.32 Å². The summed E-state index contributed by atoms with van der Waals surface area (Å²) in [5, 5.41) is 3.40. The SMILES string of the molecule is COCCN1CCCC2(CCCN2)C1=O. The second-order valence-corrected chi connectivity index (χ2v) is 4.50. The van der Waals surface area contributed by atoms with E-state index in [0.717, 1.165) is 45.3 Å². The second-order valence-electron chi connectivity index (χ2n) is 4.50. The van der Waals surface area contributed by atoms with Crippen LogP contribution in [0.3, 0.4) is 0 Å². The molecule has 0 bridgehead atoms. The Morgan fingerprint density at radius 3 is 2.93 bits per heavy atom. The Kier molecular flexibility index (Phi) is 3.26. The van der Waals surface area contributed by atoms with Crippen molar-refractivity contribution in [2.24, 2.45) is 0 Å². The molecule has 0 aromatic heterocycles. The number of piperidine rings is 1. The van der Waals surface area contributed by atoms with E-state index in [9.17, 15) is 4.79 Å². The number of carbonyl (C=O) groups is 1. The molecular weight excluding hydrogens is 192 g/mol. The average molecular weight is 212 g/mol. The summed E-state index contributed by atoms with van der Waals surface area (Å²) in [5.41, 5.74) is -0.216. The molecule has 2 aliphatic heterocycles. The molecule has 4 nitrogen and oxygen atoms in total. The maximum atomic E-state index is 12.3. The highest BCUT2D eigenvalue weighted by Gasteiger charge is 2.45. The summed E-state index contributed by atoms with van der Waals surface area (Å²) in [6.07, 6.45) is 4.26. The van der Waals surface area contributed by atoms with Crippen molar-refractivity contribution in [1.82, 2.24) is 10.2 Å². The summed E-state index contributed by atoms with van der Waals surface area (Å²) < 4.78 is 5.03. The van der Waals surface area contributed by atoms with Gasteiger partial charge in [0.05, 0.1) is 12.1 Å². The molecule has 1 amide bonds. The third-order valence-electron chi connectivity index (χ3n) is 3.54. The molecule has 15 heavy (non-hydrogen) atoms. The third kappa shape index (κ3) is 2.01. The number of ether oxygens (including phenoxy) is 1. The van der Waals surface area contributed by atoms with Crippen LogP contribution in [0.1, 0.15) is 25.7 Å². The predicted octanol–water partition coefficient (Wildman–Crippen LogP) is 0.377. The van der Waals surface area contributed by atoms with E-state index >= 15 is 0 Å². The van der Waals surface area contributed by atoms with E-state index in [1.165, 1.54) is 0 Å². The van der Waals surface area contributed by atoms with Crippen LogP contribution in [0, 0.1) is 0 Å². The van der Waals surface area contributed by atoms with Gasteiger partial charge in [0, 0.05) is 20.2 Å². The fourth-order valence-electron chi connectivity index (χ4n) is 2.70. The van der Waals surface area contributed by atoms with Gasteiger partial charge in [-0.25, -0.2) is 0 Å². The van der Waals surface area contributed by atoms with E-state index in [-0.39, 0.29) is 5.54 Å². The van der Waals surface area contributed by atoms with Crippen LogP contribution in [-0.2, 0) is 9.53 Å².